The fourth-order valence-electron chi connectivity index (χ4n) is 1.42. The molecule has 0 aliphatic heterocycles. The van der Waals surface area contributed by atoms with Crippen LogP contribution in [0.3, 0.4) is 0 Å². The number of esters is 1. The van der Waals surface area contributed by atoms with Gasteiger partial charge in [0.25, 0.3) is 0 Å². The Hall–Kier alpha value is -1.75. The molecule has 3 N–H and O–H groups in total. The molecule has 1 atom stereocenters. The number of hydrogen-bond acceptors (Lipinski definition) is 5. The molecular formula is C13H18O5. The van der Waals surface area contributed by atoms with Crippen LogP contribution in [0.15, 0.2) is 18.2 Å². The number of ether oxygens (including phenoxy) is 1. The molecule has 0 aromatic heterocycles. The van der Waals surface area contributed by atoms with Crippen molar-refractivity contribution in [2.24, 2.45) is 0 Å². The summed E-state index contributed by atoms with van der Waals surface area (Å²) in [5, 5.41) is 27.6. The molecule has 1 rings (SSSR count). The van der Waals surface area contributed by atoms with Crippen LogP contribution in [-0.2, 0) is 16.0 Å². The Balaban J connectivity index is 2.33. The number of hydrogen-bond donors (Lipinski definition) is 3. The number of rotatable bonds is 6. The van der Waals surface area contributed by atoms with E-state index in [4.69, 9.17) is 14.9 Å². The van der Waals surface area contributed by atoms with E-state index in [0.29, 0.717) is 18.4 Å². The topological polar surface area (TPSA) is 87.0 Å². The zero-order chi connectivity index (χ0) is 13.5. The number of phenolic OH excluding ortho intramolecular Hbond substituents is 2. The van der Waals surface area contributed by atoms with Gasteiger partial charge in [-0.25, -0.2) is 0 Å². The van der Waals surface area contributed by atoms with Crippen molar-refractivity contribution in [1.82, 2.24) is 0 Å². The SMILES string of the molecule is CC(O)CCOC(=O)CCc1ccc(O)cc1O. The molecule has 0 aliphatic carbocycles. The molecule has 5 heteroatoms. The summed E-state index contributed by atoms with van der Waals surface area (Å²) in [4.78, 5) is 11.3. The highest BCUT2D eigenvalue weighted by molar-refractivity contribution is 5.69. The van der Waals surface area contributed by atoms with E-state index >= 15 is 0 Å². The van der Waals surface area contributed by atoms with Crippen LogP contribution in [0.1, 0.15) is 25.3 Å². The minimum atomic E-state index is -0.487. The number of aromatic hydroxyl groups is 2. The minimum Gasteiger partial charge on any atom is -0.508 e. The number of carbonyl (C=O) groups excluding carboxylic acids is 1. The lowest BCUT2D eigenvalue weighted by Crippen LogP contribution is -2.11. The Morgan fingerprint density at radius 3 is 2.72 bits per heavy atom. The maximum absolute atomic E-state index is 11.3. The summed E-state index contributed by atoms with van der Waals surface area (Å²) in [7, 11) is 0. The quantitative estimate of drug-likeness (QED) is 0.667. The zero-order valence-electron chi connectivity index (χ0n) is 10.3. The Kier molecular flexibility index (Phi) is 5.45. The minimum absolute atomic E-state index is 0.0178. The van der Waals surface area contributed by atoms with E-state index in [1.54, 1.807) is 13.0 Å². The molecule has 0 radical (unpaired) electrons. The molecule has 0 fully saturated rings. The first kappa shape index (κ1) is 14.3. The molecule has 0 bridgehead atoms. The smallest absolute Gasteiger partial charge is 0.306 e. The molecule has 5 nitrogen and oxygen atoms in total. The van der Waals surface area contributed by atoms with Crippen molar-refractivity contribution in [2.75, 3.05) is 6.61 Å². The lowest BCUT2D eigenvalue weighted by atomic mass is 10.1. The fraction of sp³-hybridized carbons (Fsp3) is 0.462. The number of carbonyl (C=O) groups is 1. The number of aliphatic hydroxyl groups is 1. The first-order valence-corrected chi connectivity index (χ1v) is 5.83. The Bertz CT molecular complexity index is 400. The molecule has 1 aromatic carbocycles. The van der Waals surface area contributed by atoms with E-state index in [0.717, 1.165) is 0 Å². The lowest BCUT2D eigenvalue weighted by Gasteiger charge is -2.07. The van der Waals surface area contributed by atoms with Crippen molar-refractivity contribution in [1.29, 1.82) is 0 Å². The van der Waals surface area contributed by atoms with Gasteiger partial charge in [0.05, 0.1) is 12.7 Å². The summed E-state index contributed by atoms with van der Waals surface area (Å²) in [5.74, 6) is -0.425. The number of aryl methyl sites for hydroxylation is 1. The molecule has 0 amide bonds. The highest BCUT2D eigenvalue weighted by Crippen LogP contribution is 2.23. The van der Waals surface area contributed by atoms with Crippen molar-refractivity contribution < 1.29 is 24.9 Å². The van der Waals surface area contributed by atoms with Gasteiger partial charge in [0.1, 0.15) is 11.5 Å². The molecule has 1 unspecified atom stereocenters. The third-order valence-electron chi connectivity index (χ3n) is 2.47. The van der Waals surface area contributed by atoms with Crippen LogP contribution in [0.4, 0.5) is 0 Å². The molecule has 18 heavy (non-hydrogen) atoms. The summed E-state index contributed by atoms with van der Waals surface area (Å²) in [6.45, 7) is 1.82. The van der Waals surface area contributed by atoms with Crippen molar-refractivity contribution >= 4 is 5.97 Å². The van der Waals surface area contributed by atoms with Gasteiger partial charge in [0.2, 0.25) is 0 Å². The van der Waals surface area contributed by atoms with Gasteiger partial charge in [0.15, 0.2) is 0 Å². The molecule has 1 aromatic rings. The maximum atomic E-state index is 11.3. The molecule has 0 aliphatic rings. The second-order valence-corrected chi connectivity index (χ2v) is 4.17. The van der Waals surface area contributed by atoms with Crippen LogP contribution in [0.2, 0.25) is 0 Å². The third kappa shape index (κ3) is 5.05. The largest absolute Gasteiger partial charge is 0.508 e. The van der Waals surface area contributed by atoms with Gasteiger partial charge in [-0.2, -0.15) is 0 Å². The lowest BCUT2D eigenvalue weighted by molar-refractivity contribution is -0.144. The van der Waals surface area contributed by atoms with Gasteiger partial charge in [-0.15, -0.1) is 0 Å². The van der Waals surface area contributed by atoms with E-state index < -0.39 is 6.10 Å². The Morgan fingerprint density at radius 1 is 1.39 bits per heavy atom. The van der Waals surface area contributed by atoms with Crippen LogP contribution in [0.25, 0.3) is 0 Å². The van der Waals surface area contributed by atoms with Crippen LogP contribution in [0.5, 0.6) is 11.5 Å². The van der Waals surface area contributed by atoms with Crippen LogP contribution in [-0.4, -0.2) is 34.0 Å². The average Bonchev–Trinajstić information content (AvgIpc) is 2.27. The predicted molar refractivity (Wildman–Crippen MR) is 65.3 cm³/mol. The van der Waals surface area contributed by atoms with Crippen molar-refractivity contribution in [3.05, 3.63) is 23.8 Å². The molecule has 0 heterocycles. The van der Waals surface area contributed by atoms with Gasteiger partial charge in [-0.1, -0.05) is 6.07 Å². The van der Waals surface area contributed by atoms with Gasteiger partial charge >= 0.3 is 5.97 Å². The fourth-order valence-corrected chi connectivity index (χ4v) is 1.42. The maximum Gasteiger partial charge on any atom is 0.306 e. The standard InChI is InChI=1S/C13H18O5/c1-9(14)6-7-18-13(17)5-3-10-2-4-11(15)8-12(10)16/h2,4,8-9,14-16H,3,5-7H2,1H3. The van der Waals surface area contributed by atoms with Crippen molar-refractivity contribution in [2.45, 2.75) is 32.3 Å². The van der Waals surface area contributed by atoms with E-state index in [9.17, 15) is 9.90 Å². The van der Waals surface area contributed by atoms with Crippen LogP contribution < -0.4 is 0 Å². The van der Waals surface area contributed by atoms with Crippen molar-refractivity contribution in [3.63, 3.8) is 0 Å². The molecule has 0 saturated heterocycles. The molecule has 0 saturated carbocycles. The molecule has 100 valence electrons. The van der Waals surface area contributed by atoms with Crippen LogP contribution in [0, 0.1) is 0 Å². The van der Waals surface area contributed by atoms with Crippen LogP contribution >= 0.6 is 0 Å². The van der Waals surface area contributed by atoms with Crippen molar-refractivity contribution in [3.8, 4) is 11.5 Å². The average molecular weight is 254 g/mol. The van der Waals surface area contributed by atoms with Gasteiger partial charge < -0.3 is 20.1 Å². The number of aliphatic hydroxyl groups excluding tert-OH is 1. The molecule has 0 spiro atoms. The monoisotopic (exact) mass is 254 g/mol. The highest BCUT2D eigenvalue weighted by atomic mass is 16.5. The second-order valence-electron chi connectivity index (χ2n) is 4.17. The normalized spacial score (nSPS) is 12.1. The van der Waals surface area contributed by atoms with E-state index in [1.165, 1.54) is 12.1 Å². The van der Waals surface area contributed by atoms with E-state index in [-0.39, 0.29) is 30.5 Å². The summed E-state index contributed by atoms with van der Waals surface area (Å²) < 4.78 is 4.91. The van der Waals surface area contributed by atoms with Gasteiger partial charge in [0, 0.05) is 18.9 Å². The third-order valence-corrected chi connectivity index (χ3v) is 2.47. The second kappa shape index (κ2) is 6.86. The first-order valence-electron chi connectivity index (χ1n) is 5.83. The summed E-state index contributed by atoms with van der Waals surface area (Å²) in [6, 6.07) is 4.25. The number of phenols is 2. The highest BCUT2D eigenvalue weighted by Gasteiger charge is 2.08. The number of benzene rings is 1. The van der Waals surface area contributed by atoms with Gasteiger partial charge in [-0.3, -0.25) is 4.79 Å². The Labute approximate surface area is 106 Å². The predicted octanol–water partition coefficient (Wildman–Crippen LogP) is 1.34. The van der Waals surface area contributed by atoms with Gasteiger partial charge in [-0.05, 0) is 25.0 Å². The van der Waals surface area contributed by atoms with E-state index in [2.05, 4.69) is 0 Å². The molecular weight excluding hydrogens is 236 g/mol. The first-order chi connectivity index (χ1) is 8.49. The Morgan fingerprint density at radius 2 is 2.11 bits per heavy atom. The summed E-state index contributed by atoms with van der Waals surface area (Å²) >= 11 is 0. The summed E-state index contributed by atoms with van der Waals surface area (Å²) in [6.07, 6.45) is 0.424. The summed E-state index contributed by atoms with van der Waals surface area (Å²) in [5.41, 5.74) is 0.584. The zero-order valence-corrected chi connectivity index (χ0v) is 10.3. The van der Waals surface area contributed by atoms with E-state index in [1.807, 2.05) is 0 Å².